The van der Waals surface area contributed by atoms with Crippen molar-refractivity contribution >= 4 is 33.3 Å². The van der Waals surface area contributed by atoms with Crippen LogP contribution in [0.4, 0.5) is 5.69 Å². The number of carbonyl (C=O) groups is 1. The van der Waals surface area contributed by atoms with Gasteiger partial charge in [-0.3, -0.25) is 4.79 Å². The van der Waals surface area contributed by atoms with Gasteiger partial charge < -0.3 is 15.4 Å². The number of carbonyl (C=O) groups excluding carboxylic acids is 1. The van der Waals surface area contributed by atoms with Gasteiger partial charge >= 0.3 is 0 Å². The Labute approximate surface area is 120 Å². The number of nitrogens with zero attached hydrogens (tertiary/aromatic N) is 3. The number of aromatic nitrogens is 2. The molecule has 6 nitrogen and oxygen atoms in total. The van der Waals surface area contributed by atoms with Gasteiger partial charge in [-0.05, 0) is 13.3 Å². The van der Waals surface area contributed by atoms with Gasteiger partial charge in [0.25, 0.3) is 5.91 Å². The van der Waals surface area contributed by atoms with Crippen LogP contribution in [0.5, 0.6) is 0 Å². The van der Waals surface area contributed by atoms with E-state index in [1.165, 1.54) is 11.3 Å². The third-order valence-corrected chi connectivity index (χ3v) is 4.39. The van der Waals surface area contributed by atoms with E-state index < -0.39 is 0 Å². The molecular weight excluding hydrogens is 276 g/mol. The number of nitrogens with two attached hydrogens (primary N) is 1. The van der Waals surface area contributed by atoms with Crippen LogP contribution < -0.4 is 5.73 Å². The van der Waals surface area contributed by atoms with Gasteiger partial charge in [-0.2, -0.15) is 0 Å². The number of hydrogen-bond donors (Lipinski definition) is 1. The van der Waals surface area contributed by atoms with Crippen molar-refractivity contribution in [2.75, 3.05) is 25.4 Å². The number of amides is 1. The Balaban J connectivity index is 1.93. The van der Waals surface area contributed by atoms with Crippen LogP contribution in [0.1, 0.15) is 23.0 Å². The quantitative estimate of drug-likeness (QED) is 0.862. The summed E-state index contributed by atoms with van der Waals surface area (Å²) in [6, 6.07) is 0. The molecule has 1 atom stereocenters. The third-order valence-electron chi connectivity index (χ3n) is 3.30. The molecule has 0 radical (unpaired) electrons. The molecule has 7 heteroatoms. The van der Waals surface area contributed by atoms with E-state index in [0.717, 1.165) is 6.42 Å². The van der Waals surface area contributed by atoms with E-state index >= 15 is 0 Å². The topological polar surface area (TPSA) is 81.3 Å². The molecule has 0 aromatic carbocycles. The van der Waals surface area contributed by atoms with E-state index in [0.29, 0.717) is 40.6 Å². The number of nitrogen functional groups attached to an aromatic ring is 1. The van der Waals surface area contributed by atoms with Crippen molar-refractivity contribution in [1.29, 1.82) is 0 Å². The number of fused-ring (bicyclic) bond motifs is 1. The first-order valence-electron chi connectivity index (χ1n) is 6.56. The van der Waals surface area contributed by atoms with Crippen molar-refractivity contribution in [1.82, 2.24) is 14.9 Å². The normalized spacial score (nSPS) is 20.1. The molecule has 1 aliphatic heterocycles. The van der Waals surface area contributed by atoms with Crippen molar-refractivity contribution in [2.45, 2.75) is 19.4 Å². The molecule has 2 N–H and O–H groups in total. The van der Waals surface area contributed by atoms with Gasteiger partial charge in [0.05, 0.1) is 11.8 Å². The molecule has 0 aliphatic carbocycles. The van der Waals surface area contributed by atoms with Crippen LogP contribution in [-0.2, 0) is 4.74 Å². The highest BCUT2D eigenvalue weighted by molar-refractivity contribution is 7.21. The molecule has 1 unspecified atom stereocenters. The summed E-state index contributed by atoms with van der Waals surface area (Å²) < 4.78 is 5.56. The standard InChI is InChI=1S/C13H16N4O2S/c1-8-7-17(5-2-6-19-8)13(18)11-9(14)10-12(20-11)16-4-3-15-10/h3-4,8H,2,5-7,14H2,1H3. The second-order valence-corrected chi connectivity index (χ2v) is 5.84. The summed E-state index contributed by atoms with van der Waals surface area (Å²) in [7, 11) is 0. The monoisotopic (exact) mass is 292 g/mol. The van der Waals surface area contributed by atoms with Gasteiger partial charge in [-0.25, -0.2) is 9.97 Å². The number of anilines is 1. The molecule has 3 heterocycles. The van der Waals surface area contributed by atoms with Crippen LogP contribution in [0.2, 0.25) is 0 Å². The van der Waals surface area contributed by atoms with Gasteiger partial charge in [0.1, 0.15) is 15.2 Å². The summed E-state index contributed by atoms with van der Waals surface area (Å²) >= 11 is 1.30. The lowest BCUT2D eigenvalue weighted by atomic mass is 10.3. The van der Waals surface area contributed by atoms with Crippen molar-refractivity contribution in [2.24, 2.45) is 0 Å². The Morgan fingerprint density at radius 3 is 3.10 bits per heavy atom. The minimum atomic E-state index is -0.0512. The molecule has 106 valence electrons. The summed E-state index contributed by atoms with van der Waals surface area (Å²) in [5.41, 5.74) is 7.09. The second-order valence-electron chi connectivity index (χ2n) is 4.84. The summed E-state index contributed by atoms with van der Waals surface area (Å²) in [5.74, 6) is -0.0512. The smallest absolute Gasteiger partial charge is 0.266 e. The summed E-state index contributed by atoms with van der Waals surface area (Å²) in [6.07, 6.45) is 4.08. The average molecular weight is 292 g/mol. The minimum Gasteiger partial charge on any atom is -0.396 e. The Hall–Kier alpha value is -1.73. The Morgan fingerprint density at radius 1 is 1.50 bits per heavy atom. The first-order chi connectivity index (χ1) is 9.66. The molecule has 1 aliphatic rings. The van der Waals surface area contributed by atoms with E-state index in [4.69, 9.17) is 10.5 Å². The fraction of sp³-hybridized carbons (Fsp3) is 0.462. The maximum atomic E-state index is 12.6. The van der Waals surface area contributed by atoms with Gasteiger partial charge in [-0.15, -0.1) is 11.3 Å². The van der Waals surface area contributed by atoms with Crippen LogP contribution in [0.15, 0.2) is 12.4 Å². The zero-order valence-electron chi connectivity index (χ0n) is 11.2. The van der Waals surface area contributed by atoms with E-state index in [1.807, 2.05) is 6.92 Å². The number of rotatable bonds is 1. The second kappa shape index (κ2) is 5.34. The third kappa shape index (κ3) is 2.34. The van der Waals surface area contributed by atoms with Gasteiger partial charge in [0.2, 0.25) is 0 Å². The molecule has 1 amide bonds. The fourth-order valence-electron chi connectivity index (χ4n) is 2.33. The number of ether oxygens (including phenoxy) is 1. The average Bonchev–Trinajstić information content (AvgIpc) is 2.64. The van der Waals surface area contributed by atoms with Crippen LogP contribution >= 0.6 is 11.3 Å². The molecule has 0 saturated carbocycles. The lowest BCUT2D eigenvalue weighted by Crippen LogP contribution is -2.35. The highest BCUT2D eigenvalue weighted by Crippen LogP contribution is 2.31. The highest BCUT2D eigenvalue weighted by Gasteiger charge is 2.25. The van der Waals surface area contributed by atoms with E-state index in [-0.39, 0.29) is 12.0 Å². The highest BCUT2D eigenvalue weighted by atomic mass is 32.1. The molecule has 2 aromatic rings. The molecule has 20 heavy (non-hydrogen) atoms. The molecule has 1 saturated heterocycles. The van der Waals surface area contributed by atoms with E-state index in [1.54, 1.807) is 17.3 Å². The predicted octanol–water partition coefficient (Wildman–Crippen LogP) is 1.52. The van der Waals surface area contributed by atoms with Crippen LogP contribution in [0.3, 0.4) is 0 Å². The van der Waals surface area contributed by atoms with Crippen LogP contribution in [0, 0.1) is 0 Å². The van der Waals surface area contributed by atoms with Gasteiger partial charge in [0.15, 0.2) is 0 Å². The zero-order chi connectivity index (χ0) is 14.1. The molecule has 1 fully saturated rings. The predicted molar refractivity (Wildman–Crippen MR) is 77.8 cm³/mol. The van der Waals surface area contributed by atoms with Crippen molar-refractivity contribution in [3.63, 3.8) is 0 Å². The molecule has 2 aromatic heterocycles. The molecule has 3 rings (SSSR count). The minimum absolute atomic E-state index is 0.0494. The summed E-state index contributed by atoms with van der Waals surface area (Å²) in [6.45, 7) is 3.95. The maximum absolute atomic E-state index is 12.6. The number of hydrogen-bond acceptors (Lipinski definition) is 6. The van der Waals surface area contributed by atoms with Crippen molar-refractivity contribution < 1.29 is 9.53 Å². The van der Waals surface area contributed by atoms with Gasteiger partial charge in [0, 0.05) is 32.1 Å². The first-order valence-corrected chi connectivity index (χ1v) is 7.38. The summed E-state index contributed by atoms with van der Waals surface area (Å²) in [4.78, 5) is 24.1. The van der Waals surface area contributed by atoms with E-state index in [2.05, 4.69) is 9.97 Å². The van der Waals surface area contributed by atoms with Crippen LogP contribution in [0.25, 0.3) is 10.3 Å². The Morgan fingerprint density at radius 2 is 2.30 bits per heavy atom. The lowest BCUT2D eigenvalue weighted by molar-refractivity contribution is 0.0566. The molecule has 0 spiro atoms. The van der Waals surface area contributed by atoms with Crippen molar-refractivity contribution in [3.05, 3.63) is 17.3 Å². The Kier molecular flexibility index (Phi) is 3.54. The largest absolute Gasteiger partial charge is 0.396 e. The van der Waals surface area contributed by atoms with Gasteiger partial charge in [-0.1, -0.05) is 0 Å². The lowest BCUT2D eigenvalue weighted by Gasteiger charge is -2.21. The Bertz CT molecular complexity index is 642. The fourth-order valence-corrected chi connectivity index (χ4v) is 3.31. The number of thiophene rings is 1. The molecule has 0 bridgehead atoms. The van der Waals surface area contributed by atoms with Crippen molar-refractivity contribution in [3.8, 4) is 0 Å². The first kappa shape index (κ1) is 13.3. The van der Waals surface area contributed by atoms with E-state index in [9.17, 15) is 4.79 Å². The summed E-state index contributed by atoms with van der Waals surface area (Å²) in [5, 5.41) is 0. The SMILES string of the molecule is CC1CN(C(=O)c2sc3nccnc3c2N)CCCO1. The maximum Gasteiger partial charge on any atom is 0.266 e. The zero-order valence-corrected chi connectivity index (χ0v) is 12.0. The van der Waals surface area contributed by atoms with Crippen LogP contribution in [-0.4, -0.2) is 46.6 Å². The molecular formula is C13H16N4O2S.